The van der Waals surface area contributed by atoms with Crippen molar-refractivity contribution in [2.24, 2.45) is 17.1 Å². The lowest BCUT2D eigenvalue weighted by molar-refractivity contribution is 0.259. The van der Waals surface area contributed by atoms with Gasteiger partial charge < -0.3 is 11.1 Å². The first kappa shape index (κ1) is 15.5. The predicted molar refractivity (Wildman–Crippen MR) is 86.6 cm³/mol. The number of nitrogens with two attached hydrogens (primary N) is 1. The van der Waals surface area contributed by atoms with E-state index in [0.29, 0.717) is 11.3 Å². The lowest BCUT2D eigenvalue weighted by Crippen LogP contribution is -2.36. The van der Waals surface area contributed by atoms with Gasteiger partial charge in [-0.3, -0.25) is 0 Å². The maximum absolute atomic E-state index is 6.36. The lowest BCUT2D eigenvalue weighted by Gasteiger charge is -2.29. The summed E-state index contributed by atoms with van der Waals surface area (Å²) in [6.07, 6.45) is 6.92. The van der Waals surface area contributed by atoms with Gasteiger partial charge in [0, 0.05) is 12.6 Å². The van der Waals surface area contributed by atoms with Crippen molar-refractivity contribution in [1.29, 1.82) is 0 Å². The monoisotopic (exact) mass is 274 g/mol. The molecular formula is C18H30N2. The highest BCUT2D eigenvalue weighted by atomic mass is 14.9. The van der Waals surface area contributed by atoms with Gasteiger partial charge in [-0.2, -0.15) is 0 Å². The van der Waals surface area contributed by atoms with Crippen molar-refractivity contribution in [3.63, 3.8) is 0 Å². The Labute approximate surface area is 124 Å². The first-order chi connectivity index (χ1) is 9.67. The van der Waals surface area contributed by atoms with E-state index in [9.17, 15) is 0 Å². The normalized spacial score (nSPS) is 20.8. The van der Waals surface area contributed by atoms with Crippen molar-refractivity contribution in [2.75, 3.05) is 13.1 Å². The molecule has 1 aliphatic rings. The van der Waals surface area contributed by atoms with Crippen LogP contribution in [0.1, 0.15) is 57.6 Å². The van der Waals surface area contributed by atoms with E-state index < -0.39 is 0 Å². The second-order valence-corrected chi connectivity index (χ2v) is 6.61. The average molecular weight is 274 g/mol. The summed E-state index contributed by atoms with van der Waals surface area (Å²) in [6, 6.07) is 10.6. The number of nitrogens with one attached hydrogen (secondary N) is 1. The van der Waals surface area contributed by atoms with Gasteiger partial charge in [-0.15, -0.1) is 0 Å². The van der Waals surface area contributed by atoms with Crippen LogP contribution < -0.4 is 11.1 Å². The quantitative estimate of drug-likeness (QED) is 0.792. The Bertz CT molecular complexity index is 382. The van der Waals surface area contributed by atoms with Gasteiger partial charge in [0.25, 0.3) is 0 Å². The maximum Gasteiger partial charge on any atom is 0.0333 e. The topological polar surface area (TPSA) is 38.0 Å². The molecule has 0 radical (unpaired) electrons. The minimum Gasteiger partial charge on any atom is -0.324 e. The fourth-order valence-electron chi connectivity index (χ4n) is 3.48. The molecule has 2 unspecified atom stereocenters. The molecule has 0 heterocycles. The average Bonchev–Trinajstić information content (AvgIpc) is 2.96. The summed E-state index contributed by atoms with van der Waals surface area (Å²) < 4.78 is 0. The molecule has 0 amide bonds. The zero-order valence-electron chi connectivity index (χ0n) is 13.1. The maximum atomic E-state index is 6.36. The fraction of sp³-hybridized carbons (Fsp3) is 0.667. The van der Waals surface area contributed by atoms with Crippen LogP contribution in [-0.2, 0) is 0 Å². The molecule has 2 nitrogen and oxygen atoms in total. The summed E-state index contributed by atoms with van der Waals surface area (Å²) in [6.45, 7) is 6.76. The molecule has 0 bridgehead atoms. The van der Waals surface area contributed by atoms with Gasteiger partial charge in [0.15, 0.2) is 0 Å². The second-order valence-electron chi connectivity index (χ2n) is 6.61. The van der Waals surface area contributed by atoms with Crippen LogP contribution in [0.2, 0.25) is 0 Å². The van der Waals surface area contributed by atoms with Crippen LogP contribution in [0, 0.1) is 11.3 Å². The number of rotatable bonds is 7. The fourth-order valence-corrected chi connectivity index (χ4v) is 3.48. The summed E-state index contributed by atoms with van der Waals surface area (Å²) in [5, 5.41) is 3.69. The molecule has 1 fully saturated rings. The third kappa shape index (κ3) is 3.83. The molecule has 0 aliphatic heterocycles. The van der Waals surface area contributed by atoms with Gasteiger partial charge in [-0.05, 0) is 42.7 Å². The molecule has 1 saturated carbocycles. The van der Waals surface area contributed by atoms with E-state index in [0.717, 1.165) is 13.1 Å². The molecule has 0 aromatic heterocycles. The molecule has 1 aliphatic carbocycles. The van der Waals surface area contributed by atoms with Crippen molar-refractivity contribution in [3.05, 3.63) is 35.9 Å². The zero-order valence-corrected chi connectivity index (χ0v) is 13.1. The zero-order chi connectivity index (χ0) is 14.4. The van der Waals surface area contributed by atoms with Crippen molar-refractivity contribution >= 4 is 0 Å². The van der Waals surface area contributed by atoms with Crippen LogP contribution in [0.5, 0.6) is 0 Å². The molecule has 3 N–H and O–H groups in total. The first-order valence-electron chi connectivity index (χ1n) is 8.18. The van der Waals surface area contributed by atoms with Gasteiger partial charge in [0.05, 0.1) is 0 Å². The summed E-state index contributed by atoms with van der Waals surface area (Å²) in [4.78, 5) is 0. The van der Waals surface area contributed by atoms with Crippen LogP contribution >= 0.6 is 0 Å². The van der Waals surface area contributed by atoms with Crippen molar-refractivity contribution < 1.29 is 0 Å². The Balaban J connectivity index is 1.79. The molecule has 2 rings (SSSR count). The number of hydrogen-bond acceptors (Lipinski definition) is 2. The molecule has 2 atom stereocenters. The molecule has 1 aromatic carbocycles. The van der Waals surface area contributed by atoms with E-state index in [1.165, 1.54) is 37.7 Å². The highest BCUT2D eigenvalue weighted by Crippen LogP contribution is 2.40. The van der Waals surface area contributed by atoms with Crippen molar-refractivity contribution in [1.82, 2.24) is 5.32 Å². The van der Waals surface area contributed by atoms with Gasteiger partial charge in [-0.25, -0.2) is 0 Å². The molecule has 2 heteroatoms. The first-order valence-corrected chi connectivity index (χ1v) is 8.18. The van der Waals surface area contributed by atoms with Crippen LogP contribution in [0.4, 0.5) is 0 Å². The Morgan fingerprint density at radius 3 is 2.45 bits per heavy atom. The molecule has 20 heavy (non-hydrogen) atoms. The Kier molecular flexibility index (Phi) is 5.62. The standard InChI is InChI=1S/C18H30N2/c1-3-18(11-7-8-12-18)14-20-13-15(2)17(19)16-9-5-4-6-10-16/h4-6,9-10,15,17,20H,3,7-8,11-14,19H2,1-2H3. The van der Waals surface area contributed by atoms with Crippen molar-refractivity contribution in [2.45, 2.75) is 52.0 Å². The Morgan fingerprint density at radius 1 is 1.20 bits per heavy atom. The van der Waals surface area contributed by atoms with E-state index >= 15 is 0 Å². The summed E-state index contributed by atoms with van der Waals surface area (Å²) in [5.74, 6) is 0.465. The van der Waals surface area contributed by atoms with Crippen molar-refractivity contribution in [3.8, 4) is 0 Å². The van der Waals surface area contributed by atoms with E-state index in [1.54, 1.807) is 0 Å². The van der Waals surface area contributed by atoms with E-state index in [1.807, 2.05) is 6.07 Å². The predicted octanol–water partition coefficient (Wildman–Crippen LogP) is 3.88. The van der Waals surface area contributed by atoms with Gasteiger partial charge >= 0.3 is 0 Å². The highest BCUT2D eigenvalue weighted by molar-refractivity contribution is 5.19. The van der Waals surface area contributed by atoms with Gasteiger partial charge in [-0.1, -0.05) is 57.0 Å². The summed E-state index contributed by atoms with van der Waals surface area (Å²) in [5.41, 5.74) is 8.17. The highest BCUT2D eigenvalue weighted by Gasteiger charge is 2.31. The molecule has 0 spiro atoms. The third-order valence-corrected chi connectivity index (χ3v) is 5.18. The van der Waals surface area contributed by atoms with Crippen LogP contribution in [0.25, 0.3) is 0 Å². The Morgan fingerprint density at radius 2 is 1.85 bits per heavy atom. The minimum atomic E-state index is 0.129. The minimum absolute atomic E-state index is 0.129. The van der Waals surface area contributed by atoms with Gasteiger partial charge in [0.1, 0.15) is 0 Å². The lowest BCUT2D eigenvalue weighted by atomic mass is 9.83. The Hall–Kier alpha value is -0.860. The second kappa shape index (κ2) is 7.24. The molecule has 0 saturated heterocycles. The summed E-state index contributed by atoms with van der Waals surface area (Å²) in [7, 11) is 0. The van der Waals surface area contributed by atoms with Crippen LogP contribution in [0.3, 0.4) is 0 Å². The van der Waals surface area contributed by atoms with Gasteiger partial charge in [0.2, 0.25) is 0 Å². The SMILES string of the molecule is CCC1(CNCC(C)C(N)c2ccccc2)CCCC1. The number of benzene rings is 1. The van der Waals surface area contributed by atoms with E-state index in [4.69, 9.17) is 5.73 Å². The largest absolute Gasteiger partial charge is 0.324 e. The molecule has 112 valence electrons. The van der Waals surface area contributed by atoms with Crippen LogP contribution in [-0.4, -0.2) is 13.1 Å². The van der Waals surface area contributed by atoms with Crippen LogP contribution in [0.15, 0.2) is 30.3 Å². The number of hydrogen-bond donors (Lipinski definition) is 2. The smallest absolute Gasteiger partial charge is 0.0333 e. The van der Waals surface area contributed by atoms with E-state index in [2.05, 4.69) is 43.4 Å². The third-order valence-electron chi connectivity index (χ3n) is 5.18. The molecule has 1 aromatic rings. The molecular weight excluding hydrogens is 244 g/mol. The van der Waals surface area contributed by atoms with E-state index in [-0.39, 0.29) is 6.04 Å². The summed E-state index contributed by atoms with van der Waals surface area (Å²) >= 11 is 0.